The molecule has 6 heteroatoms. The van der Waals surface area contributed by atoms with E-state index in [2.05, 4.69) is 17.6 Å². The van der Waals surface area contributed by atoms with Crippen molar-refractivity contribution in [2.45, 2.75) is 57.0 Å². The van der Waals surface area contributed by atoms with Crippen LogP contribution >= 0.6 is 0 Å². The third-order valence-electron chi connectivity index (χ3n) is 5.06. The number of amides is 2. The molecule has 0 radical (unpaired) electrons. The van der Waals surface area contributed by atoms with E-state index in [9.17, 15) is 14.7 Å². The first-order chi connectivity index (χ1) is 9.94. The molecule has 1 aliphatic heterocycles. The van der Waals surface area contributed by atoms with Crippen LogP contribution in [0.3, 0.4) is 0 Å². The molecule has 1 saturated heterocycles. The minimum Gasteiger partial charge on any atom is -0.480 e. The van der Waals surface area contributed by atoms with Gasteiger partial charge in [0.2, 0.25) is 0 Å². The van der Waals surface area contributed by atoms with E-state index in [1.165, 1.54) is 0 Å². The maximum Gasteiger partial charge on any atom is 0.329 e. The summed E-state index contributed by atoms with van der Waals surface area (Å²) in [5, 5.41) is 15.7. The molecule has 2 aliphatic rings. The number of aliphatic carboxylic acids is 1. The number of rotatable bonds is 3. The second-order valence-corrected chi connectivity index (χ2v) is 6.59. The van der Waals surface area contributed by atoms with Gasteiger partial charge in [0.05, 0.1) is 0 Å². The van der Waals surface area contributed by atoms with Crippen molar-refractivity contribution >= 4 is 12.0 Å². The highest BCUT2D eigenvalue weighted by Gasteiger charge is 2.43. The molecular weight excluding hydrogens is 270 g/mol. The molecule has 2 fully saturated rings. The van der Waals surface area contributed by atoms with Gasteiger partial charge in [0.25, 0.3) is 0 Å². The Morgan fingerprint density at radius 2 is 1.76 bits per heavy atom. The zero-order chi connectivity index (χ0) is 15.5. The summed E-state index contributed by atoms with van der Waals surface area (Å²) in [4.78, 5) is 25.8. The molecule has 120 valence electrons. The van der Waals surface area contributed by atoms with Crippen molar-refractivity contribution in [3.63, 3.8) is 0 Å². The largest absolute Gasteiger partial charge is 0.480 e. The van der Waals surface area contributed by atoms with Gasteiger partial charge in [-0.1, -0.05) is 6.92 Å². The van der Waals surface area contributed by atoms with Gasteiger partial charge in [-0.15, -0.1) is 0 Å². The summed E-state index contributed by atoms with van der Waals surface area (Å²) in [6.07, 6.45) is 4.58. The number of carboxylic acid groups (broad SMARTS) is 1. The van der Waals surface area contributed by atoms with Crippen LogP contribution in [-0.2, 0) is 4.79 Å². The zero-order valence-corrected chi connectivity index (χ0v) is 13.0. The number of nitrogens with zero attached hydrogens (tertiary/aromatic N) is 1. The van der Waals surface area contributed by atoms with Gasteiger partial charge in [-0.3, -0.25) is 0 Å². The normalized spacial score (nSPS) is 30.7. The summed E-state index contributed by atoms with van der Waals surface area (Å²) in [6.45, 7) is 3.95. The van der Waals surface area contributed by atoms with Crippen molar-refractivity contribution in [1.29, 1.82) is 0 Å². The Kier molecular flexibility index (Phi) is 5.08. The summed E-state index contributed by atoms with van der Waals surface area (Å²) in [5.74, 6) is -0.363. The zero-order valence-electron chi connectivity index (χ0n) is 13.0. The maximum absolute atomic E-state index is 12.4. The fraction of sp³-hybridized carbons (Fsp3) is 0.867. The average Bonchev–Trinajstić information content (AvgIpc) is 2.49. The molecule has 1 heterocycles. The number of hydrogen-bond donors (Lipinski definition) is 3. The maximum atomic E-state index is 12.4. The van der Waals surface area contributed by atoms with Gasteiger partial charge in [-0.05, 0) is 57.5 Å². The Morgan fingerprint density at radius 1 is 1.19 bits per heavy atom. The van der Waals surface area contributed by atoms with Gasteiger partial charge in [0, 0.05) is 13.1 Å². The Labute approximate surface area is 126 Å². The molecule has 0 spiro atoms. The number of piperidine rings is 1. The van der Waals surface area contributed by atoms with E-state index < -0.39 is 11.5 Å². The lowest BCUT2D eigenvalue weighted by molar-refractivity contribution is -0.146. The average molecular weight is 297 g/mol. The molecule has 0 aromatic rings. The van der Waals surface area contributed by atoms with E-state index in [-0.39, 0.29) is 12.1 Å². The van der Waals surface area contributed by atoms with Gasteiger partial charge in [0.1, 0.15) is 5.54 Å². The molecule has 0 unspecified atom stereocenters. The quantitative estimate of drug-likeness (QED) is 0.736. The highest BCUT2D eigenvalue weighted by atomic mass is 16.4. The highest BCUT2D eigenvalue weighted by molar-refractivity contribution is 5.86. The summed E-state index contributed by atoms with van der Waals surface area (Å²) in [6, 6.07) is -0.0570. The summed E-state index contributed by atoms with van der Waals surface area (Å²) in [7, 11) is 1.77. The van der Waals surface area contributed by atoms with Gasteiger partial charge in [0.15, 0.2) is 0 Å². The number of urea groups is 1. The van der Waals surface area contributed by atoms with Crippen LogP contribution in [0.15, 0.2) is 0 Å². The van der Waals surface area contributed by atoms with Crippen LogP contribution in [0.1, 0.15) is 45.4 Å². The molecule has 1 saturated carbocycles. The Balaban J connectivity index is 1.99. The minimum absolute atomic E-state index is 0.194. The first-order valence-corrected chi connectivity index (χ1v) is 7.94. The van der Waals surface area contributed by atoms with Gasteiger partial charge >= 0.3 is 12.0 Å². The lowest BCUT2D eigenvalue weighted by atomic mass is 9.77. The fourth-order valence-electron chi connectivity index (χ4n) is 3.30. The summed E-state index contributed by atoms with van der Waals surface area (Å²) < 4.78 is 0. The molecule has 1 aliphatic carbocycles. The Bertz CT molecular complexity index is 386. The highest BCUT2D eigenvalue weighted by Crippen LogP contribution is 2.32. The summed E-state index contributed by atoms with van der Waals surface area (Å²) in [5.41, 5.74) is -1.08. The second kappa shape index (κ2) is 6.64. The molecule has 0 aromatic carbocycles. The van der Waals surface area contributed by atoms with Crippen molar-refractivity contribution < 1.29 is 14.7 Å². The van der Waals surface area contributed by atoms with Crippen LogP contribution in [0.5, 0.6) is 0 Å². The molecule has 2 rings (SSSR count). The molecular formula is C15H27N3O3. The minimum atomic E-state index is -1.08. The molecule has 0 bridgehead atoms. The molecule has 6 nitrogen and oxygen atoms in total. The van der Waals surface area contributed by atoms with Gasteiger partial charge in [-0.2, -0.15) is 0 Å². The molecule has 21 heavy (non-hydrogen) atoms. The Morgan fingerprint density at radius 3 is 2.29 bits per heavy atom. The smallest absolute Gasteiger partial charge is 0.329 e. The van der Waals surface area contributed by atoms with Crippen LogP contribution < -0.4 is 10.6 Å². The third kappa shape index (κ3) is 3.67. The van der Waals surface area contributed by atoms with Gasteiger partial charge in [-0.25, -0.2) is 9.59 Å². The number of carbonyl (C=O) groups excluding carboxylic acids is 1. The van der Waals surface area contributed by atoms with E-state index in [1.54, 1.807) is 11.9 Å². The predicted molar refractivity (Wildman–Crippen MR) is 80.2 cm³/mol. The fourth-order valence-corrected chi connectivity index (χ4v) is 3.30. The van der Waals surface area contributed by atoms with E-state index in [4.69, 9.17) is 0 Å². The summed E-state index contributed by atoms with van der Waals surface area (Å²) >= 11 is 0. The molecule has 0 aromatic heterocycles. The van der Waals surface area contributed by atoms with E-state index in [0.717, 1.165) is 38.8 Å². The van der Waals surface area contributed by atoms with E-state index >= 15 is 0 Å². The standard InChI is InChI=1S/C15H27N3O3/c1-11-3-7-15(8-4-11,13(19)20)17-14(21)18(2)12-5-9-16-10-6-12/h11-12,16H,3-10H2,1-2H3,(H,17,21)(H,19,20). The van der Waals surface area contributed by atoms with Crippen molar-refractivity contribution in [1.82, 2.24) is 15.5 Å². The monoisotopic (exact) mass is 297 g/mol. The van der Waals surface area contributed by atoms with Crippen LogP contribution in [0, 0.1) is 5.92 Å². The van der Waals surface area contributed by atoms with E-state index in [0.29, 0.717) is 18.8 Å². The number of carboxylic acids is 1. The molecule has 2 amide bonds. The Hall–Kier alpha value is -1.30. The lowest BCUT2D eigenvalue weighted by Crippen LogP contribution is -2.60. The van der Waals surface area contributed by atoms with Crippen molar-refractivity contribution in [3.05, 3.63) is 0 Å². The first-order valence-electron chi connectivity index (χ1n) is 7.94. The first kappa shape index (κ1) is 16.1. The van der Waals surface area contributed by atoms with Crippen molar-refractivity contribution in [3.8, 4) is 0 Å². The second-order valence-electron chi connectivity index (χ2n) is 6.59. The number of hydrogen-bond acceptors (Lipinski definition) is 3. The number of nitrogens with one attached hydrogen (secondary N) is 2. The van der Waals surface area contributed by atoms with Gasteiger partial charge < -0.3 is 20.6 Å². The topological polar surface area (TPSA) is 81.7 Å². The van der Waals surface area contributed by atoms with Crippen LogP contribution in [-0.4, -0.2) is 53.7 Å². The lowest BCUT2D eigenvalue weighted by Gasteiger charge is -2.39. The van der Waals surface area contributed by atoms with Crippen LogP contribution in [0.25, 0.3) is 0 Å². The van der Waals surface area contributed by atoms with Crippen molar-refractivity contribution in [2.24, 2.45) is 5.92 Å². The number of carbonyl (C=O) groups is 2. The van der Waals surface area contributed by atoms with E-state index in [1.807, 2.05) is 0 Å². The molecule has 0 atom stereocenters. The third-order valence-corrected chi connectivity index (χ3v) is 5.06. The van der Waals surface area contributed by atoms with Crippen molar-refractivity contribution in [2.75, 3.05) is 20.1 Å². The SMILES string of the molecule is CC1CCC(NC(=O)N(C)C2CCNCC2)(C(=O)O)CC1. The molecule has 3 N–H and O–H groups in total. The van der Waals surface area contributed by atoms with Crippen LogP contribution in [0.2, 0.25) is 0 Å². The predicted octanol–water partition coefficient (Wildman–Crippen LogP) is 1.41. The van der Waals surface area contributed by atoms with Crippen LogP contribution in [0.4, 0.5) is 4.79 Å².